The lowest BCUT2D eigenvalue weighted by atomic mass is 10.2. The Balaban J connectivity index is 1.47. The summed E-state index contributed by atoms with van der Waals surface area (Å²) in [5, 5.41) is 13.4. The summed E-state index contributed by atoms with van der Waals surface area (Å²) >= 11 is 0. The van der Waals surface area contributed by atoms with Crippen LogP contribution in [0.15, 0.2) is 48.5 Å². The minimum Gasteiger partial charge on any atom is -0.452 e. The first kappa shape index (κ1) is 25.5. The number of non-ortho nitro benzene ring substituents is 1. The molecule has 2 amide bonds. The van der Waals surface area contributed by atoms with E-state index in [9.17, 15) is 24.5 Å². The van der Waals surface area contributed by atoms with E-state index >= 15 is 0 Å². The number of nitrogens with zero attached hydrogens (tertiary/aromatic N) is 3. The molecule has 0 unspecified atom stereocenters. The Morgan fingerprint density at radius 1 is 1.03 bits per heavy atom. The first-order valence-corrected chi connectivity index (χ1v) is 11.1. The highest BCUT2D eigenvalue weighted by Crippen LogP contribution is 2.21. The van der Waals surface area contributed by atoms with Crippen molar-refractivity contribution in [3.63, 3.8) is 0 Å². The number of nitro benzene ring substituents is 1. The van der Waals surface area contributed by atoms with E-state index in [0.29, 0.717) is 31.9 Å². The van der Waals surface area contributed by atoms with Crippen LogP contribution in [-0.4, -0.2) is 66.2 Å². The third kappa shape index (κ3) is 7.42. The van der Waals surface area contributed by atoms with E-state index in [4.69, 9.17) is 9.47 Å². The molecule has 11 nitrogen and oxygen atoms in total. The maximum atomic E-state index is 12.5. The molecule has 11 heteroatoms. The quantitative estimate of drug-likeness (QED) is 0.375. The number of piperazine rings is 1. The van der Waals surface area contributed by atoms with Gasteiger partial charge in [0.2, 0.25) is 0 Å². The van der Waals surface area contributed by atoms with Crippen molar-refractivity contribution in [2.45, 2.75) is 26.4 Å². The molecular formula is C24H28N4O7. The van der Waals surface area contributed by atoms with Crippen LogP contribution in [-0.2, 0) is 14.3 Å². The van der Waals surface area contributed by atoms with E-state index in [2.05, 4.69) is 5.32 Å². The number of hydrogen-bond acceptors (Lipinski definition) is 8. The number of anilines is 2. The smallest absolute Gasteiger partial charge is 0.412 e. The first-order valence-electron chi connectivity index (χ1n) is 11.1. The second-order valence-corrected chi connectivity index (χ2v) is 8.93. The van der Waals surface area contributed by atoms with Crippen LogP contribution in [0.25, 0.3) is 0 Å². The molecule has 1 aliphatic rings. The molecule has 0 bridgehead atoms. The summed E-state index contributed by atoms with van der Waals surface area (Å²) < 4.78 is 10.4. The summed E-state index contributed by atoms with van der Waals surface area (Å²) in [5.41, 5.74) is 0.759. The minimum atomic E-state index is -0.685. The predicted octanol–water partition coefficient (Wildman–Crippen LogP) is 3.45. The van der Waals surface area contributed by atoms with Crippen molar-refractivity contribution in [1.82, 2.24) is 4.90 Å². The van der Waals surface area contributed by atoms with Crippen LogP contribution in [0.3, 0.4) is 0 Å². The highest BCUT2D eigenvalue weighted by Gasteiger charge is 2.23. The van der Waals surface area contributed by atoms with Gasteiger partial charge >= 0.3 is 12.1 Å². The average Bonchev–Trinajstić information content (AvgIpc) is 2.81. The molecule has 2 aromatic rings. The molecule has 3 rings (SSSR count). The number of ether oxygens (including phenoxy) is 2. The number of rotatable bonds is 6. The largest absolute Gasteiger partial charge is 0.452 e. The van der Waals surface area contributed by atoms with Crippen LogP contribution in [0.1, 0.15) is 31.1 Å². The lowest BCUT2D eigenvalue weighted by Gasteiger charge is -2.36. The van der Waals surface area contributed by atoms with Crippen molar-refractivity contribution in [2.24, 2.45) is 0 Å². The van der Waals surface area contributed by atoms with Gasteiger partial charge in [-0.05, 0) is 51.1 Å². The number of nitro groups is 1. The van der Waals surface area contributed by atoms with E-state index in [0.717, 1.165) is 5.69 Å². The Bertz CT molecular complexity index is 1090. The van der Waals surface area contributed by atoms with Crippen molar-refractivity contribution >= 4 is 35.0 Å². The van der Waals surface area contributed by atoms with Gasteiger partial charge in [0.05, 0.1) is 10.5 Å². The maximum absolute atomic E-state index is 12.5. The Morgan fingerprint density at radius 2 is 1.69 bits per heavy atom. The molecule has 1 heterocycles. The maximum Gasteiger partial charge on any atom is 0.412 e. The van der Waals surface area contributed by atoms with Gasteiger partial charge in [0.1, 0.15) is 5.60 Å². The number of hydrogen-bond donors (Lipinski definition) is 1. The first-order chi connectivity index (χ1) is 16.5. The summed E-state index contributed by atoms with van der Waals surface area (Å²) in [4.78, 5) is 50.9. The van der Waals surface area contributed by atoms with Crippen molar-refractivity contribution in [3.8, 4) is 0 Å². The van der Waals surface area contributed by atoms with E-state index in [-0.39, 0.29) is 17.2 Å². The van der Waals surface area contributed by atoms with E-state index < -0.39 is 29.2 Å². The van der Waals surface area contributed by atoms with E-state index in [1.165, 1.54) is 24.3 Å². The Hall–Kier alpha value is -4.15. The van der Waals surface area contributed by atoms with Crippen LogP contribution in [0, 0.1) is 10.1 Å². The molecule has 0 radical (unpaired) electrons. The standard InChI is InChI=1S/C24H28N4O7/c1-24(2,3)35-23(31)25-18-6-4-5-17(15-18)22(30)34-16-21(29)27-13-11-26(12-14-27)19-7-9-20(10-8-19)28(32)33/h4-10,15H,11-14,16H2,1-3H3,(H,25,31). The number of esters is 1. The van der Waals surface area contributed by atoms with Gasteiger partial charge < -0.3 is 19.3 Å². The molecule has 186 valence electrons. The Labute approximate surface area is 202 Å². The number of carbonyl (C=O) groups is 3. The summed E-state index contributed by atoms with van der Waals surface area (Å²) in [6, 6.07) is 12.4. The van der Waals surface area contributed by atoms with Gasteiger partial charge in [-0.15, -0.1) is 0 Å². The lowest BCUT2D eigenvalue weighted by molar-refractivity contribution is -0.384. The van der Waals surface area contributed by atoms with Crippen LogP contribution in [0.4, 0.5) is 21.9 Å². The SMILES string of the molecule is CC(C)(C)OC(=O)Nc1cccc(C(=O)OCC(=O)N2CCN(c3ccc([N+](=O)[O-])cc3)CC2)c1. The molecule has 0 aromatic heterocycles. The molecule has 0 aliphatic carbocycles. The van der Waals surface area contributed by atoms with Crippen LogP contribution in [0.5, 0.6) is 0 Å². The topological polar surface area (TPSA) is 131 Å². The molecule has 35 heavy (non-hydrogen) atoms. The fourth-order valence-electron chi connectivity index (χ4n) is 3.45. The summed E-state index contributed by atoms with van der Waals surface area (Å²) in [6.07, 6.45) is -0.647. The predicted molar refractivity (Wildman–Crippen MR) is 128 cm³/mol. The monoisotopic (exact) mass is 484 g/mol. The van der Waals surface area contributed by atoms with Gasteiger partial charge in [-0.3, -0.25) is 20.2 Å². The fourth-order valence-corrected chi connectivity index (χ4v) is 3.45. The molecule has 2 aromatic carbocycles. The summed E-state index contributed by atoms with van der Waals surface area (Å²) in [6.45, 7) is 6.80. The minimum absolute atomic E-state index is 0.0236. The molecule has 1 saturated heterocycles. The van der Waals surface area contributed by atoms with Crippen molar-refractivity contribution < 1.29 is 28.8 Å². The zero-order chi connectivity index (χ0) is 25.6. The van der Waals surface area contributed by atoms with Gasteiger partial charge in [0.15, 0.2) is 6.61 Å². The van der Waals surface area contributed by atoms with Gasteiger partial charge in [0.25, 0.3) is 11.6 Å². The van der Waals surface area contributed by atoms with Crippen molar-refractivity contribution in [3.05, 3.63) is 64.2 Å². The van der Waals surface area contributed by atoms with Crippen molar-refractivity contribution in [2.75, 3.05) is 43.0 Å². The average molecular weight is 485 g/mol. The zero-order valence-electron chi connectivity index (χ0n) is 19.9. The second-order valence-electron chi connectivity index (χ2n) is 8.93. The third-order valence-electron chi connectivity index (χ3n) is 5.13. The van der Waals surface area contributed by atoms with Gasteiger partial charge in [0, 0.05) is 49.7 Å². The van der Waals surface area contributed by atoms with Gasteiger partial charge in [-0.1, -0.05) is 6.07 Å². The summed E-state index contributed by atoms with van der Waals surface area (Å²) in [7, 11) is 0. The summed E-state index contributed by atoms with van der Waals surface area (Å²) in [5.74, 6) is -1.000. The molecule has 1 fully saturated rings. The zero-order valence-corrected chi connectivity index (χ0v) is 19.9. The van der Waals surface area contributed by atoms with E-state index in [1.807, 2.05) is 4.90 Å². The normalized spacial score (nSPS) is 13.7. The third-order valence-corrected chi connectivity index (χ3v) is 5.13. The number of carbonyl (C=O) groups excluding carboxylic acids is 3. The molecule has 1 aliphatic heterocycles. The van der Waals surface area contributed by atoms with Crippen molar-refractivity contribution in [1.29, 1.82) is 0 Å². The Morgan fingerprint density at radius 3 is 2.29 bits per heavy atom. The Kier molecular flexibility index (Phi) is 7.90. The molecule has 0 spiro atoms. The van der Waals surface area contributed by atoms with Gasteiger partial charge in [-0.2, -0.15) is 0 Å². The second kappa shape index (κ2) is 10.9. The van der Waals surface area contributed by atoms with Crippen LogP contribution < -0.4 is 10.2 Å². The van der Waals surface area contributed by atoms with Crippen LogP contribution in [0.2, 0.25) is 0 Å². The lowest BCUT2D eigenvalue weighted by Crippen LogP contribution is -2.49. The van der Waals surface area contributed by atoms with Gasteiger partial charge in [-0.25, -0.2) is 9.59 Å². The molecule has 1 N–H and O–H groups in total. The fraction of sp³-hybridized carbons (Fsp3) is 0.375. The number of amides is 2. The number of nitrogens with one attached hydrogen (secondary N) is 1. The molecule has 0 atom stereocenters. The highest BCUT2D eigenvalue weighted by atomic mass is 16.6. The van der Waals surface area contributed by atoms with Crippen LogP contribution >= 0.6 is 0 Å². The molecular weight excluding hydrogens is 456 g/mol. The van der Waals surface area contributed by atoms with E-state index in [1.54, 1.807) is 49.9 Å². The number of benzene rings is 2. The molecule has 0 saturated carbocycles. The highest BCUT2D eigenvalue weighted by molar-refractivity contribution is 5.94.